The number of carbonyl (C=O) groups is 1. The lowest BCUT2D eigenvalue weighted by atomic mass is 10.1. The van der Waals surface area contributed by atoms with Crippen LogP contribution in [0.3, 0.4) is 0 Å². The number of benzene rings is 1. The van der Waals surface area contributed by atoms with E-state index in [9.17, 15) is 19.5 Å². The highest BCUT2D eigenvalue weighted by Crippen LogP contribution is 2.37. The van der Waals surface area contributed by atoms with Gasteiger partial charge in [-0.25, -0.2) is 14.3 Å². The number of aliphatic hydroxyl groups is 1. The zero-order chi connectivity index (χ0) is 26.1. The minimum absolute atomic E-state index is 0.00923. The Bertz CT molecular complexity index is 1550. The van der Waals surface area contributed by atoms with Crippen LogP contribution in [-0.4, -0.2) is 52.0 Å². The van der Waals surface area contributed by atoms with Crippen molar-refractivity contribution >= 4 is 27.5 Å². The van der Waals surface area contributed by atoms with Crippen molar-refractivity contribution in [3.8, 4) is 16.5 Å². The molecule has 1 amide bonds. The van der Waals surface area contributed by atoms with Crippen LogP contribution < -0.4 is 21.3 Å². The van der Waals surface area contributed by atoms with Crippen LogP contribution in [0, 0.1) is 6.92 Å². The number of para-hydroxylation sites is 1. The highest BCUT2D eigenvalue weighted by molar-refractivity contribution is 7.22. The molecule has 0 saturated carbocycles. The molecule has 3 aromatic heterocycles. The first-order chi connectivity index (χ1) is 18.0. The molecule has 5 rings (SSSR count). The summed E-state index contributed by atoms with van der Waals surface area (Å²) >= 11 is 1.22. The molecule has 12 heteroatoms. The molecule has 0 radical (unpaired) electrons. The molecule has 37 heavy (non-hydrogen) atoms. The van der Waals surface area contributed by atoms with E-state index < -0.39 is 23.4 Å². The Hall–Kier alpha value is -3.74. The lowest BCUT2D eigenvalue weighted by molar-refractivity contribution is -0.122. The highest BCUT2D eigenvalue weighted by atomic mass is 32.1. The summed E-state index contributed by atoms with van der Waals surface area (Å²) in [5.41, 5.74) is 0.136. The summed E-state index contributed by atoms with van der Waals surface area (Å²) in [6.07, 6.45) is 2.58. The van der Waals surface area contributed by atoms with Gasteiger partial charge in [-0.2, -0.15) is 0 Å². The maximum atomic E-state index is 13.9. The third kappa shape index (κ3) is 4.37. The van der Waals surface area contributed by atoms with Gasteiger partial charge < -0.3 is 24.3 Å². The van der Waals surface area contributed by atoms with Crippen LogP contribution in [0.25, 0.3) is 21.0 Å². The quantitative estimate of drug-likeness (QED) is 0.338. The van der Waals surface area contributed by atoms with Gasteiger partial charge in [-0.05, 0) is 25.0 Å². The van der Waals surface area contributed by atoms with Crippen molar-refractivity contribution in [3.05, 3.63) is 68.7 Å². The van der Waals surface area contributed by atoms with E-state index in [1.54, 1.807) is 13.0 Å². The first kappa shape index (κ1) is 24.9. The normalized spacial score (nSPS) is 16.3. The molecular weight excluding hydrogens is 500 g/mol. The van der Waals surface area contributed by atoms with Gasteiger partial charge in [0.2, 0.25) is 11.8 Å². The first-order valence-electron chi connectivity index (χ1n) is 11.8. The topological polar surface area (TPSA) is 138 Å². The van der Waals surface area contributed by atoms with Crippen molar-refractivity contribution < 1.29 is 23.8 Å². The first-order valence-corrected chi connectivity index (χ1v) is 12.6. The predicted molar refractivity (Wildman–Crippen MR) is 136 cm³/mol. The number of thiophene rings is 1. The standard InChI is InChI=1S/C25H26N4O7S/c1-14-19-23(32)29(16-7-8-26-21(16)31)25(33)28(24(19)37-20(14)22-27-9-11-36-22)13-18(35-12-10-30)15-5-3-4-6-17(15)34-2/h3-6,9,11,16,18,30H,7-8,10,12-13H2,1-2H3,(H,26,31)/t16?,18-/m0/s1. The number of amides is 1. The molecule has 0 bridgehead atoms. The number of aliphatic hydroxyl groups excluding tert-OH is 1. The minimum Gasteiger partial charge on any atom is -0.496 e. The van der Waals surface area contributed by atoms with E-state index in [1.165, 1.54) is 35.5 Å². The second-order valence-corrected chi connectivity index (χ2v) is 9.56. The van der Waals surface area contributed by atoms with Gasteiger partial charge in [0.05, 0.1) is 43.3 Å². The number of rotatable bonds is 9. The Morgan fingerprint density at radius 1 is 1.30 bits per heavy atom. The third-order valence-corrected chi connectivity index (χ3v) is 7.75. The molecule has 194 valence electrons. The van der Waals surface area contributed by atoms with Crippen LogP contribution in [0.15, 0.2) is 50.7 Å². The van der Waals surface area contributed by atoms with E-state index in [2.05, 4.69) is 10.3 Å². The highest BCUT2D eigenvalue weighted by Gasteiger charge is 2.32. The third-order valence-electron chi connectivity index (χ3n) is 6.45. The fourth-order valence-electron chi connectivity index (χ4n) is 4.70. The Morgan fingerprint density at radius 3 is 2.78 bits per heavy atom. The Labute approximate surface area is 214 Å². The van der Waals surface area contributed by atoms with Gasteiger partial charge in [0.25, 0.3) is 5.56 Å². The van der Waals surface area contributed by atoms with Gasteiger partial charge in [-0.1, -0.05) is 18.2 Å². The molecule has 0 aliphatic carbocycles. The number of hydrogen-bond donors (Lipinski definition) is 2. The largest absolute Gasteiger partial charge is 0.496 e. The molecule has 2 N–H and O–H groups in total. The molecule has 4 heterocycles. The lowest BCUT2D eigenvalue weighted by Crippen LogP contribution is -2.44. The van der Waals surface area contributed by atoms with Crippen LogP contribution >= 0.6 is 11.3 Å². The Kier molecular flexibility index (Phi) is 6.96. The summed E-state index contributed by atoms with van der Waals surface area (Å²) < 4.78 is 19.5. The minimum atomic E-state index is -0.914. The van der Waals surface area contributed by atoms with Crippen LogP contribution in [0.5, 0.6) is 5.75 Å². The van der Waals surface area contributed by atoms with Crippen LogP contribution in [0.1, 0.15) is 29.7 Å². The molecule has 1 fully saturated rings. The molecule has 1 aromatic carbocycles. The SMILES string of the molecule is COc1ccccc1[C@H](Cn1c(=O)n(C2CCNC2=O)c(=O)c2c(C)c(-c3ncco3)sc21)OCCO. The number of nitrogens with one attached hydrogen (secondary N) is 1. The number of methoxy groups -OCH3 is 1. The molecule has 1 aliphatic heterocycles. The number of hydrogen-bond acceptors (Lipinski definition) is 9. The van der Waals surface area contributed by atoms with Crippen molar-refractivity contribution in [1.29, 1.82) is 0 Å². The molecule has 0 spiro atoms. The summed E-state index contributed by atoms with van der Waals surface area (Å²) in [6.45, 7) is 1.96. The average Bonchev–Trinajstić information content (AvgIpc) is 3.65. The van der Waals surface area contributed by atoms with Gasteiger partial charge in [-0.3, -0.25) is 14.2 Å². The summed E-state index contributed by atoms with van der Waals surface area (Å²) in [7, 11) is 1.54. The van der Waals surface area contributed by atoms with Crippen molar-refractivity contribution in [2.24, 2.45) is 0 Å². The van der Waals surface area contributed by atoms with Gasteiger partial charge in [-0.15, -0.1) is 11.3 Å². The fourth-order valence-corrected chi connectivity index (χ4v) is 5.94. The van der Waals surface area contributed by atoms with Gasteiger partial charge >= 0.3 is 5.69 Å². The molecule has 1 saturated heterocycles. The summed E-state index contributed by atoms with van der Waals surface area (Å²) in [4.78, 5) is 45.4. The molecule has 1 unspecified atom stereocenters. The molecular formula is C25H26N4O7S. The van der Waals surface area contributed by atoms with Crippen LogP contribution in [0.2, 0.25) is 0 Å². The molecule has 1 aliphatic rings. The summed E-state index contributed by atoms with van der Waals surface area (Å²) in [6, 6.07) is 6.33. The molecule has 4 aromatic rings. The number of carbonyl (C=O) groups excluding carboxylic acids is 1. The van der Waals surface area contributed by atoms with Gasteiger partial charge in [0, 0.05) is 12.1 Å². The second-order valence-electron chi connectivity index (χ2n) is 8.56. The van der Waals surface area contributed by atoms with Crippen LogP contribution in [0.4, 0.5) is 0 Å². The van der Waals surface area contributed by atoms with E-state index in [4.69, 9.17) is 13.9 Å². The number of aromatic nitrogens is 3. The maximum absolute atomic E-state index is 13.9. The Balaban J connectivity index is 1.76. The summed E-state index contributed by atoms with van der Waals surface area (Å²) in [5.74, 6) is 0.518. The van der Waals surface area contributed by atoms with E-state index in [0.717, 1.165) is 4.57 Å². The number of ether oxygens (including phenoxy) is 2. The smallest absolute Gasteiger partial charge is 0.332 e. The molecule has 11 nitrogen and oxygen atoms in total. The number of aryl methyl sites for hydroxylation is 1. The van der Waals surface area contributed by atoms with Gasteiger partial charge in [0.15, 0.2) is 0 Å². The van der Waals surface area contributed by atoms with E-state index in [-0.39, 0.29) is 25.7 Å². The molecule has 2 atom stereocenters. The van der Waals surface area contributed by atoms with Crippen molar-refractivity contribution in [1.82, 2.24) is 19.4 Å². The Morgan fingerprint density at radius 2 is 2.11 bits per heavy atom. The van der Waals surface area contributed by atoms with Crippen molar-refractivity contribution in [2.45, 2.75) is 32.0 Å². The van der Waals surface area contributed by atoms with E-state index in [1.807, 2.05) is 18.2 Å². The number of fused-ring (bicyclic) bond motifs is 1. The van der Waals surface area contributed by atoms with Crippen molar-refractivity contribution in [3.63, 3.8) is 0 Å². The summed E-state index contributed by atoms with van der Waals surface area (Å²) in [5, 5.41) is 12.5. The van der Waals surface area contributed by atoms with Gasteiger partial charge in [0.1, 0.15) is 29.0 Å². The average molecular weight is 527 g/mol. The second kappa shape index (κ2) is 10.3. The number of oxazole rings is 1. The number of nitrogens with zero attached hydrogens (tertiary/aromatic N) is 3. The fraction of sp³-hybridized carbons (Fsp3) is 0.360. The maximum Gasteiger partial charge on any atom is 0.332 e. The zero-order valence-corrected chi connectivity index (χ0v) is 21.1. The predicted octanol–water partition coefficient (Wildman–Crippen LogP) is 2.01. The monoisotopic (exact) mass is 526 g/mol. The zero-order valence-electron chi connectivity index (χ0n) is 20.3. The van der Waals surface area contributed by atoms with E-state index in [0.29, 0.717) is 50.8 Å². The van der Waals surface area contributed by atoms with E-state index >= 15 is 0 Å². The lowest BCUT2D eigenvalue weighted by Gasteiger charge is -2.23. The van der Waals surface area contributed by atoms with Crippen LogP contribution in [-0.2, 0) is 16.1 Å². The van der Waals surface area contributed by atoms with Crippen molar-refractivity contribution in [2.75, 3.05) is 26.9 Å².